The third-order valence-corrected chi connectivity index (χ3v) is 5.31. The van der Waals surface area contributed by atoms with Gasteiger partial charge in [-0.3, -0.25) is 9.59 Å². The van der Waals surface area contributed by atoms with Gasteiger partial charge in [-0.05, 0) is 54.3 Å². The lowest BCUT2D eigenvalue weighted by Gasteiger charge is -2.14. The Morgan fingerprint density at radius 3 is 2.56 bits per heavy atom. The lowest BCUT2D eigenvalue weighted by Crippen LogP contribution is -2.43. The molecule has 32 heavy (non-hydrogen) atoms. The van der Waals surface area contributed by atoms with Crippen LogP contribution in [-0.4, -0.2) is 54.5 Å². The van der Waals surface area contributed by atoms with Crippen LogP contribution in [-0.2, 0) is 9.59 Å². The van der Waals surface area contributed by atoms with Crippen molar-refractivity contribution in [1.29, 1.82) is 0 Å². The van der Waals surface area contributed by atoms with E-state index in [4.69, 9.17) is 14.2 Å². The minimum atomic E-state index is -1.09. The maximum absolute atomic E-state index is 12.6. The van der Waals surface area contributed by atoms with Gasteiger partial charge in [0.25, 0.3) is 5.91 Å². The SMILES string of the molecule is COc1ccc(C=C2Oc3cc(OCC(=O)N[C@@H](CCSC)C(=O)O)ccc3C2=O)cc1. The highest BCUT2D eigenvalue weighted by Crippen LogP contribution is 2.35. The van der Waals surface area contributed by atoms with Crippen LogP contribution in [0.5, 0.6) is 17.2 Å². The number of hydrogen-bond donors (Lipinski definition) is 2. The number of ether oxygens (including phenoxy) is 3. The van der Waals surface area contributed by atoms with Gasteiger partial charge in [0, 0.05) is 6.07 Å². The molecule has 0 aromatic heterocycles. The Morgan fingerprint density at radius 1 is 1.19 bits per heavy atom. The fraction of sp³-hybridized carbons (Fsp3) is 0.261. The standard InChI is InChI=1S/C23H23NO7S/c1-29-15-5-3-14(4-6-15)11-20-22(26)17-8-7-16(12-19(17)31-20)30-13-21(25)24-18(23(27)28)9-10-32-2/h3-8,11-12,18H,9-10,13H2,1-2H3,(H,24,25)(H,27,28)/t18-/m0/s1. The number of allylic oxidation sites excluding steroid dienone is 1. The van der Waals surface area contributed by atoms with Crippen molar-refractivity contribution in [1.82, 2.24) is 5.32 Å². The number of carbonyl (C=O) groups excluding carboxylic acids is 2. The molecule has 1 heterocycles. The summed E-state index contributed by atoms with van der Waals surface area (Å²) in [6, 6.07) is 10.9. The van der Waals surface area contributed by atoms with E-state index < -0.39 is 17.9 Å². The maximum atomic E-state index is 12.6. The number of nitrogens with one attached hydrogen (secondary N) is 1. The number of aliphatic carboxylic acids is 1. The number of rotatable bonds is 10. The van der Waals surface area contributed by atoms with E-state index in [2.05, 4.69) is 5.32 Å². The van der Waals surface area contributed by atoms with Crippen LogP contribution in [0.4, 0.5) is 0 Å². The van der Waals surface area contributed by atoms with Crippen LogP contribution in [0, 0.1) is 0 Å². The Kier molecular flexibility index (Phi) is 7.77. The van der Waals surface area contributed by atoms with Crippen molar-refractivity contribution in [2.75, 3.05) is 25.7 Å². The predicted octanol–water partition coefficient (Wildman–Crippen LogP) is 3.01. The molecule has 0 bridgehead atoms. The molecule has 2 aromatic rings. The second-order valence-electron chi connectivity index (χ2n) is 6.90. The Balaban J connectivity index is 1.62. The topological polar surface area (TPSA) is 111 Å². The number of methoxy groups -OCH3 is 1. The van der Waals surface area contributed by atoms with Crippen molar-refractivity contribution in [2.45, 2.75) is 12.5 Å². The molecule has 0 radical (unpaired) electrons. The van der Waals surface area contributed by atoms with Gasteiger partial charge in [0.1, 0.15) is 23.3 Å². The zero-order valence-corrected chi connectivity index (χ0v) is 18.4. The number of carbonyl (C=O) groups is 3. The highest BCUT2D eigenvalue weighted by Gasteiger charge is 2.28. The molecule has 0 saturated carbocycles. The second kappa shape index (κ2) is 10.7. The molecule has 0 aliphatic carbocycles. The normalized spacial score (nSPS) is 14.4. The molecule has 1 amide bonds. The number of hydrogen-bond acceptors (Lipinski definition) is 7. The van der Waals surface area contributed by atoms with Crippen LogP contribution in [0.15, 0.2) is 48.2 Å². The molecule has 0 spiro atoms. The van der Waals surface area contributed by atoms with E-state index in [1.807, 2.05) is 18.4 Å². The summed E-state index contributed by atoms with van der Waals surface area (Å²) in [5, 5.41) is 11.6. The van der Waals surface area contributed by atoms with E-state index in [-0.39, 0.29) is 18.1 Å². The summed E-state index contributed by atoms with van der Waals surface area (Å²) in [5.41, 5.74) is 1.18. The quantitative estimate of drug-likeness (QED) is 0.524. The highest BCUT2D eigenvalue weighted by molar-refractivity contribution is 7.98. The summed E-state index contributed by atoms with van der Waals surface area (Å²) in [6.45, 7) is -0.357. The van der Waals surface area contributed by atoms with Crippen molar-refractivity contribution >= 4 is 35.5 Å². The highest BCUT2D eigenvalue weighted by atomic mass is 32.2. The van der Waals surface area contributed by atoms with Gasteiger partial charge in [-0.2, -0.15) is 11.8 Å². The van der Waals surface area contributed by atoms with Crippen molar-refractivity contribution in [3.63, 3.8) is 0 Å². The summed E-state index contributed by atoms with van der Waals surface area (Å²) >= 11 is 1.50. The van der Waals surface area contributed by atoms with Crippen LogP contribution in [0.25, 0.3) is 6.08 Å². The van der Waals surface area contributed by atoms with Gasteiger partial charge in [0.2, 0.25) is 5.78 Å². The van der Waals surface area contributed by atoms with E-state index in [0.717, 1.165) is 5.56 Å². The van der Waals surface area contributed by atoms with Gasteiger partial charge in [-0.15, -0.1) is 0 Å². The molecule has 0 saturated heterocycles. The van der Waals surface area contributed by atoms with Crippen LogP contribution in [0.3, 0.4) is 0 Å². The first-order chi connectivity index (χ1) is 15.4. The zero-order valence-electron chi connectivity index (χ0n) is 17.6. The lowest BCUT2D eigenvalue weighted by molar-refractivity contribution is -0.142. The van der Waals surface area contributed by atoms with E-state index >= 15 is 0 Å². The fourth-order valence-corrected chi connectivity index (χ4v) is 3.46. The molecule has 0 unspecified atom stereocenters. The first-order valence-corrected chi connectivity index (χ1v) is 11.2. The van der Waals surface area contributed by atoms with Gasteiger partial charge < -0.3 is 24.6 Å². The fourth-order valence-electron chi connectivity index (χ4n) is 2.99. The summed E-state index contributed by atoms with van der Waals surface area (Å²) < 4.78 is 16.3. The molecule has 168 valence electrons. The Morgan fingerprint density at radius 2 is 1.91 bits per heavy atom. The number of amides is 1. The smallest absolute Gasteiger partial charge is 0.326 e. The Hall–Kier alpha value is -3.46. The average Bonchev–Trinajstić information content (AvgIpc) is 3.10. The van der Waals surface area contributed by atoms with Crippen molar-refractivity contribution < 1.29 is 33.7 Å². The number of Topliss-reactive ketones (excluding diaryl/α,β-unsaturated/α-hetero) is 1. The van der Waals surface area contributed by atoms with Gasteiger partial charge in [-0.25, -0.2) is 4.79 Å². The second-order valence-corrected chi connectivity index (χ2v) is 7.88. The zero-order chi connectivity index (χ0) is 23.1. The molecule has 9 heteroatoms. The van der Waals surface area contributed by atoms with E-state index in [9.17, 15) is 19.5 Å². The minimum Gasteiger partial charge on any atom is -0.497 e. The Bertz CT molecular complexity index is 1030. The molecule has 1 atom stereocenters. The molecule has 3 rings (SSSR count). The average molecular weight is 458 g/mol. The first-order valence-electron chi connectivity index (χ1n) is 9.77. The van der Waals surface area contributed by atoms with Crippen molar-refractivity contribution in [3.05, 3.63) is 59.4 Å². The molecule has 1 aliphatic heterocycles. The van der Waals surface area contributed by atoms with Crippen LogP contribution >= 0.6 is 11.8 Å². The molecular formula is C23H23NO7S. The summed E-state index contributed by atoms with van der Waals surface area (Å²) in [6.07, 6.45) is 3.82. The minimum absolute atomic E-state index is 0.179. The number of fused-ring (bicyclic) bond motifs is 1. The summed E-state index contributed by atoms with van der Waals surface area (Å²) in [7, 11) is 1.58. The molecular weight excluding hydrogens is 434 g/mol. The molecule has 0 fully saturated rings. The van der Waals surface area contributed by atoms with Crippen LogP contribution in [0.2, 0.25) is 0 Å². The van der Waals surface area contributed by atoms with E-state index in [0.29, 0.717) is 35.0 Å². The van der Waals surface area contributed by atoms with Crippen LogP contribution in [0.1, 0.15) is 22.3 Å². The third kappa shape index (κ3) is 5.82. The van der Waals surface area contributed by atoms with Gasteiger partial charge in [-0.1, -0.05) is 12.1 Å². The number of carboxylic acids is 1. The molecule has 2 aromatic carbocycles. The van der Waals surface area contributed by atoms with Crippen molar-refractivity contribution in [2.24, 2.45) is 0 Å². The predicted molar refractivity (Wildman–Crippen MR) is 120 cm³/mol. The summed E-state index contributed by atoms with van der Waals surface area (Å²) in [4.78, 5) is 35.9. The summed E-state index contributed by atoms with van der Waals surface area (Å²) in [5.74, 6) is 0.268. The van der Waals surface area contributed by atoms with Crippen molar-refractivity contribution in [3.8, 4) is 17.2 Å². The van der Waals surface area contributed by atoms with E-state index in [1.54, 1.807) is 37.5 Å². The molecule has 2 N–H and O–H groups in total. The largest absolute Gasteiger partial charge is 0.497 e. The number of benzene rings is 2. The van der Waals surface area contributed by atoms with Gasteiger partial charge in [0.15, 0.2) is 12.4 Å². The lowest BCUT2D eigenvalue weighted by atomic mass is 10.1. The van der Waals surface area contributed by atoms with Crippen LogP contribution < -0.4 is 19.5 Å². The van der Waals surface area contributed by atoms with E-state index in [1.165, 1.54) is 17.8 Å². The van der Waals surface area contributed by atoms with Gasteiger partial charge in [0.05, 0.1) is 12.7 Å². The molecule has 8 nitrogen and oxygen atoms in total. The maximum Gasteiger partial charge on any atom is 0.326 e. The first kappa shape index (κ1) is 23.2. The number of thioether (sulfide) groups is 1. The van der Waals surface area contributed by atoms with Gasteiger partial charge >= 0.3 is 5.97 Å². The molecule has 1 aliphatic rings. The number of carboxylic acid groups (broad SMARTS) is 1. The third-order valence-electron chi connectivity index (χ3n) is 4.67. The Labute approximate surface area is 189 Å². The number of ketones is 1. The monoisotopic (exact) mass is 457 g/mol.